The molecule has 1 unspecified atom stereocenters. The molecule has 1 fully saturated rings. The van der Waals surface area contributed by atoms with Gasteiger partial charge in [0.15, 0.2) is 0 Å². The minimum atomic E-state index is -0.0357. The highest BCUT2D eigenvalue weighted by Gasteiger charge is 2.33. The highest BCUT2D eigenvalue weighted by Crippen LogP contribution is 2.34. The maximum absolute atomic E-state index is 13.2. The molecule has 1 aromatic rings. The number of hydrogen-bond acceptors (Lipinski definition) is 3. The summed E-state index contributed by atoms with van der Waals surface area (Å²) >= 11 is 0. The number of piperidine rings is 1. The Morgan fingerprint density at radius 1 is 1.17 bits per heavy atom. The number of likely N-dealkylation sites (tertiary alicyclic amines) is 1. The third-order valence-electron chi connectivity index (χ3n) is 6.42. The molecule has 162 valence electrons. The summed E-state index contributed by atoms with van der Waals surface area (Å²) in [6.07, 6.45) is 9.65. The Bertz CT molecular complexity index is 799. The van der Waals surface area contributed by atoms with Crippen molar-refractivity contribution >= 4 is 17.6 Å². The van der Waals surface area contributed by atoms with Crippen LogP contribution in [0, 0.1) is 5.92 Å². The second-order valence-corrected chi connectivity index (χ2v) is 8.70. The van der Waals surface area contributed by atoms with E-state index in [2.05, 4.69) is 11.4 Å². The van der Waals surface area contributed by atoms with Gasteiger partial charge in [-0.2, -0.15) is 0 Å². The number of anilines is 1. The number of allylic oxidation sites excluding steroid dienone is 1. The number of nitrogens with zero attached hydrogens (tertiary/aromatic N) is 2. The van der Waals surface area contributed by atoms with Crippen LogP contribution in [0.5, 0.6) is 5.75 Å². The minimum absolute atomic E-state index is 0.00489. The number of ether oxygens (including phenoxy) is 1. The predicted molar refractivity (Wildman–Crippen MR) is 118 cm³/mol. The van der Waals surface area contributed by atoms with Crippen LogP contribution in [0.3, 0.4) is 0 Å². The van der Waals surface area contributed by atoms with Gasteiger partial charge in [0.05, 0.1) is 12.2 Å². The first-order chi connectivity index (χ1) is 14.6. The zero-order valence-corrected chi connectivity index (χ0v) is 17.9. The minimum Gasteiger partial charge on any atom is -0.487 e. The number of benzene rings is 1. The van der Waals surface area contributed by atoms with Gasteiger partial charge in [-0.25, -0.2) is 4.79 Å². The molecule has 0 saturated carbocycles. The van der Waals surface area contributed by atoms with Crippen molar-refractivity contribution in [3.63, 3.8) is 0 Å². The van der Waals surface area contributed by atoms with Crippen LogP contribution in [0.2, 0.25) is 0 Å². The molecular formula is C24H33N3O3. The maximum atomic E-state index is 13.2. The van der Waals surface area contributed by atoms with Gasteiger partial charge in [-0.15, -0.1) is 0 Å². The van der Waals surface area contributed by atoms with Crippen LogP contribution in [0.25, 0.3) is 0 Å². The van der Waals surface area contributed by atoms with Crippen molar-refractivity contribution in [3.8, 4) is 5.75 Å². The van der Waals surface area contributed by atoms with Crippen LogP contribution >= 0.6 is 0 Å². The average Bonchev–Trinajstić information content (AvgIpc) is 2.78. The van der Waals surface area contributed by atoms with Gasteiger partial charge in [0.1, 0.15) is 11.9 Å². The highest BCUT2D eigenvalue weighted by molar-refractivity contribution is 5.94. The zero-order chi connectivity index (χ0) is 20.9. The van der Waals surface area contributed by atoms with E-state index in [0.29, 0.717) is 19.6 Å². The van der Waals surface area contributed by atoms with Crippen molar-refractivity contribution in [1.82, 2.24) is 10.2 Å². The molecule has 1 atom stereocenters. The van der Waals surface area contributed by atoms with Crippen molar-refractivity contribution < 1.29 is 14.3 Å². The van der Waals surface area contributed by atoms with Crippen LogP contribution in [0.15, 0.2) is 35.9 Å². The summed E-state index contributed by atoms with van der Waals surface area (Å²) < 4.78 is 5.86. The average molecular weight is 412 g/mol. The zero-order valence-electron chi connectivity index (χ0n) is 17.9. The molecule has 1 saturated heterocycles. The van der Waals surface area contributed by atoms with E-state index < -0.39 is 0 Å². The van der Waals surface area contributed by atoms with Gasteiger partial charge >= 0.3 is 6.03 Å². The van der Waals surface area contributed by atoms with E-state index in [9.17, 15) is 9.59 Å². The topological polar surface area (TPSA) is 61.9 Å². The molecule has 30 heavy (non-hydrogen) atoms. The van der Waals surface area contributed by atoms with Crippen LogP contribution < -0.4 is 15.0 Å². The second-order valence-electron chi connectivity index (χ2n) is 8.70. The first-order valence-electron chi connectivity index (χ1n) is 11.4. The van der Waals surface area contributed by atoms with Crippen molar-refractivity contribution in [2.24, 2.45) is 5.92 Å². The van der Waals surface area contributed by atoms with Gasteiger partial charge in [0, 0.05) is 25.6 Å². The number of amides is 3. The van der Waals surface area contributed by atoms with Crippen LogP contribution in [-0.2, 0) is 4.79 Å². The maximum Gasteiger partial charge on any atom is 0.324 e. The Morgan fingerprint density at radius 2 is 1.97 bits per heavy atom. The predicted octanol–water partition coefficient (Wildman–Crippen LogP) is 4.11. The molecule has 1 aromatic carbocycles. The third kappa shape index (κ3) is 4.79. The fraction of sp³-hybridized carbons (Fsp3) is 0.583. The molecule has 4 rings (SSSR count). The van der Waals surface area contributed by atoms with Crippen LogP contribution in [-0.4, -0.2) is 49.1 Å². The number of rotatable bonds is 4. The number of carbonyl (C=O) groups is 2. The SMILES string of the molecule is CC1CN(C(=O)N2CCC(C(=O)NCCC3=CCCCC3)CC2)c2ccccc2O1. The van der Waals surface area contributed by atoms with Gasteiger partial charge < -0.3 is 15.0 Å². The van der Waals surface area contributed by atoms with Gasteiger partial charge in [-0.3, -0.25) is 9.69 Å². The number of nitrogens with one attached hydrogen (secondary N) is 1. The molecule has 2 aliphatic heterocycles. The number of fused-ring (bicyclic) bond motifs is 1. The highest BCUT2D eigenvalue weighted by atomic mass is 16.5. The molecule has 3 aliphatic rings. The summed E-state index contributed by atoms with van der Waals surface area (Å²) in [6.45, 7) is 4.50. The van der Waals surface area contributed by atoms with E-state index in [1.165, 1.54) is 31.3 Å². The van der Waals surface area contributed by atoms with E-state index in [0.717, 1.165) is 37.2 Å². The lowest BCUT2D eigenvalue weighted by atomic mass is 9.95. The Labute approximate surface area is 179 Å². The molecule has 6 nitrogen and oxygen atoms in total. The summed E-state index contributed by atoms with van der Waals surface area (Å²) in [7, 11) is 0. The summed E-state index contributed by atoms with van der Waals surface area (Å²) in [5.41, 5.74) is 2.32. The summed E-state index contributed by atoms with van der Waals surface area (Å²) in [4.78, 5) is 29.4. The molecule has 0 bridgehead atoms. The monoisotopic (exact) mass is 411 g/mol. The molecule has 1 aliphatic carbocycles. The molecule has 6 heteroatoms. The molecule has 3 amide bonds. The van der Waals surface area contributed by atoms with Gasteiger partial charge in [0.2, 0.25) is 5.91 Å². The Kier molecular flexibility index (Phi) is 6.60. The van der Waals surface area contributed by atoms with E-state index >= 15 is 0 Å². The Hall–Kier alpha value is -2.50. The van der Waals surface area contributed by atoms with Gasteiger partial charge in [-0.1, -0.05) is 23.8 Å². The van der Waals surface area contributed by atoms with E-state index in [-0.39, 0.29) is 24.0 Å². The Balaban J connectivity index is 1.26. The number of carbonyl (C=O) groups excluding carboxylic acids is 2. The normalized spacial score (nSPS) is 22.0. The molecule has 0 radical (unpaired) electrons. The van der Waals surface area contributed by atoms with Crippen molar-refractivity contribution in [2.75, 3.05) is 31.1 Å². The fourth-order valence-electron chi connectivity index (χ4n) is 4.70. The van der Waals surface area contributed by atoms with Gasteiger partial charge in [-0.05, 0) is 64.0 Å². The largest absolute Gasteiger partial charge is 0.487 e. The quantitative estimate of drug-likeness (QED) is 0.759. The smallest absolute Gasteiger partial charge is 0.324 e. The van der Waals surface area contributed by atoms with Crippen molar-refractivity contribution in [2.45, 2.75) is 58.0 Å². The number of para-hydroxylation sites is 2. The fourth-order valence-corrected chi connectivity index (χ4v) is 4.70. The third-order valence-corrected chi connectivity index (χ3v) is 6.42. The van der Waals surface area contributed by atoms with E-state index in [1.54, 1.807) is 0 Å². The summed E-state index contributed by atoms with van der Waals surface area (Å²) in [6, 6.07) is 7.71. The van der Waals surface area contributed by atoms with E-state index in [4.69, 9.17) is 4.74 Å². The summed E-state index contributed by atoms with van der Waals surface area (Å²) in [5.74, 6) is 0.904. The molecule has 0 spiro atoms. The van der Waals surface area contributed by atoms with Crippen molar-refractivity contribution in [1.29, 1.82) is 0 Å². The first-order valence-corrected chi connectivity index (χ1v) is 11.4. The number of hydrogen-bond donors (Lipinski definition) is 1. The first kappa shape index (κ1) is 20.8. The second kappa shape index (κ2) is 9.54. The lowest BCUT2D eigenvalue weighted by Gasteiger charge is -2.39. The standard InChI is InChI=1S/C24H33N3O3/c1-18-17-27(21-9-5-6-10-22(21)30-18)24(29)26-15-12-20(13-16-26)23(28)25-14-11-19-7-3-2-4-8-19/h5-7,9-10,18,20H,2-4,8,11-17H2,1H3,(H,25,28). The van der Waals surface area contributed by atoms with Gasteiger partial charge in [0.25, 0.3) is 0 Å². The van der Waals surface area contributed by atoms with Crippen molar-refractivity contribution in [3.05, 3.63) is 35.9 Å². The number of urea groups is 1. The molecule has 1 N–H and O–H groups in total. The van der Waals surface area contributed by atoms with Crippen LogP contribution in [0.1, 0.15) is 51.9 Å². The van der Waals surface area contributed by atoms with E-state index in [1.807, 2.05) is 41.0 Å². The van der Waals surface area contributed by atoms with Crippen LogP contribution in [0.4, 0.5) is 10.5 Å². The Morgan fingerprint density at radius 3 is 2.73 bits per heavy atom. The molecular weight excluding hydrogens is 378 g/mol. The molecule has 2 heterocycles. The molecule has 0 aromatic heterocycles. The lowest BCUT2D eigenvalue weighted by molar-refractivity contribution is -0.126. The summed E-state index contributed by atoms with van der Waals surface area (Å²) in [5, 5.41) is 3.12. The lowest BCUT2D eigenvalue weighted by Crippen LogP contribution is -2.52.